The first-order valence-electron chi connectivity index (χ1n) is 7.47. The van der Waals surface area contributed by atoms with Crippen molar-refractivity contribution >= 4 is 52.5 Å². The van der Waals surface area contributed by atoms with E-state index >= 15 is 0 Å². The minimum atomic E-state index is -0.613. The largest absolute Gasteiger partial charge is 0.462 e. The van der Waals surface area contributed by atoms with Gasteiger partial charge in [-0.15, -0.1) is 0 Å². The molecule has 1 heterocycles. The van der Waals surface area contributed by atoms with Crippen LogP contribution in [0.5, 0.6) is 0 Å². The minimum absolute atomic E-state index is 0.0770. The molecule has 7 nitrogen and oxygen atoms in total. The van der Waals surface area contributed by atoms with Crippen molar-refractivity contribution in [3.05, 3.63) is 50.0 Å². The number of ether oxygens (including phenoxy) is 1. The zero-order valence-corrected chi connectivity index (χ0v) is 16.2. The topological polar surface area (TPSA) is 101 Å². The van der Waals surface area contributed by atoms with Gasteiger partial charge in [0.2, 0.25) is 5.91 Å². The summed E-state index contributed by atoms with van der Waals surface area (Å²) >= 11 is 12.7. The molecule has 0 aliphatic rings. The van der Waals surface area contributed by atoms with Crippen molar-refractivity contribution in [2.75, 3.05) is 17.7 Å². The Morgan fingerprint density at radius 2 is 1.92 bits per heavy atom. The summed E-state index contributed by atoms with van der Waals surface area (Å²) in [6, 6.07) is 4.65. The van der Waals surface area contributed by atoms with Gasteiger partial charge in [0.1, 0.15) is 10.6 Å². The molecule has 138 valence electrons. The molecule has 0 bridgehead atoms. The van der Waals surface area contributed by atoms with E-state index in [2.05, 4.69) is 15.3 Å². The maximum Gasteiger partial charge on any atom is 0.346 e. The first-order valence-corrected chi connectivity index (χ1v) is 9.21. The van der Waals surface area contributed by atoms with Crippen molar-refractivity contribution in [2.24, 2.45) is 0 Å². The molecule has 2 N–H and O–H groups in total. The SMILES string of the molecule is CCOC(=O)c1c(SCC(=O)Nc2cc(Cl)cc(Cl)c2)nc(=O)[nH]c1C. The van der Waals surface area contributed by atoms with Gasteiger partial charge in [0, 0.05) is 21.4 Å². The van der Waals surface area contributed by atoms with Gasteiger partial charge in [-0.05, 0) is 32.0 Å². The molecule has 0 aliphatic heterocycles. The number of anilines is 1. The number of benzene rings is 1. The Balaban J connectivity index is 2.14. The fourth-order valence-electron chi connectivity index (χ4n) is 2.06. The molecule has 2 aromatic rings. The minimum Gasteiger partial charge on any atom is -0.462 e. The number of hydrogen-bond donors (Lipinski definition) is 2. The molecule has 0 saturated carbocycles. The quantitative estimate of drug-likeness (QED) is 0.426. The van der Waals surface area contributed by atoms with E-state index in [0.717, 1.165) is 11.8 Å². The Bertz CT molecular complexity index is 881. The fourth-order valence-corrected chi connectivity index (χ4v) is 3.46. The molecule has 26 heavy (non-hydrogen) atoms. The number of amides is 1. The number of carbonyl (C=O) groups excluding carboxylic acids is 2. The molecular weight excluding hydrogens is 401 g/mol. The maximum absolute atomic E-state index is 12.1. The van der Waals surface area contributed by atoms with E-state index in [-0.39, 0.29) is 28.9 Å². The van der Waals surface area contributed by atoms with Gasteiger partial charge in [0.05, 0.1) is 12.4 Å². The molecule has 1 amide bonds. The van der Waals surface area contributed by atoms with E-state index in [4.69, 9.17) is 27.9 Å². The number of H-pyrrole nitrogens is 1. The molecule has 0 radical (unpaired) electrons. The second kappa shape index (κ2) is 9.07. The van der Waals surface area contributed by atoms with Gasteiger partial charge in [-0.1, -0.05) is 35.0 Å². The highest BCUT2D eigenvalue weighted by Crippen LogP contribution is 2.24. The predicted octanol–water partition coefficient (Wildman–Crippen LogP) is 3.29. The Morgan fingerprint density at radius 3 is 2.54 bits per heavy atom. The molecule has 0 aliphatic carbocycles. The summed E-state index contributed by atoms with van der Waals surface area (Å²) in [7, 11) is 0. The van der Waals surface area contributed by atoms with E-state index < -0.39 is 11.7 Å². The number of aromatic amines is 1. The van der Waals surface area contributed by atoms with Crippen LogP contribution < -0.4 is 11.0 Å². The fraction of sp³-hybridized carbons (Fsp3) is 0.250. The van der Waals surface area contributed by atoms with Crippen molar-refractivity contribution in [2.45, 2.75) is 18.9 Å². The van der Waals surface area contributed by atoms with Crippen LogP contribution >= 0.6 is 35.0 Å². The molecule has 0 fully saturated rings. The molecule has 0 unspecified atom stereocenters. The van der Waals surface area contributed by atoms with E-state index in [1.54, 1.807) is 32.0 Å². The number of hydrogen-bond acceptors (Lipinski definition) is 6. The predicted molar refractivity (Wildman–Crippen MR) is 101 cm³/mol. The van der Waals surface area contributed by atoms with E-state index in [1.807, 2.05) is 0 Å². The summed E-state index contributed by atoms with van der Waals surface area (Å²) in [5.74, 6) is -1.06. The van der Waals surface area contributed by atoms with Crippen LogP contribution in [0.25, 0.3) is 0 Å². The molecule has 10 heteroatoms. The highest BCUT2D eigenvalue weighted by atomic mass is 35.5. The summed E-state index contributed by atoms with van der Waals surface area (Å²) in [6.45, 7) is 3.41. The van der Waals surface area contributed by atoms with Crippen LogP contribution in [0.3, 0.4) is 0 Å². The number of halogens is 2. The zero-order valence-electron chi connectivity index (χ0n) is 13.9. The number of nitrogens with one attached hydrogen (secondary N) is 2. The van der Waals surface area contributed by atoms with E-state index in [9.17, 15) is 14.4 Å². The van der Waals surface area contributed by atoms with Crippen LogP contribution in [0, 0.1) is 6.92 Å². The van der Waals surface area contributed by atoms with Crippen molar-refractivity contribution in [1.29, 1.82) is 0 Å². The summed E-state index contributed by atoms with van der Waals surface area (Å²) < 4.78 is 4.97. The number of esters is 1. The lowest BCUT2D eigenvalue weighted by Crippen LogP contribution is -2.21. The summed E-state index contributed by atoms with van der Waals surface area (Å²) in [5.41, 5.74) is 0.289. The number of aromatic nitrogens is 2. The monoisotopic (exact) mass is 415 g/mol. The molecule has 1 aromatic carbocycles. The third-order valence-electron chi connectivity index (χ3n) is 3.05. The van der Waals surface area contributed by atoms with Gasteiger partial charge >= 0.3 is 11.7 Å². The Morgan fingerprint density at radius 1 is 1.27 bits per heavy atom. The number of rotatable bonds is 6. The van der Waals surface area contributed by atoms with Gasteiger partial charge in [-0.3, -0.25) is 4.79 Å². The summed E-state index contributed by atoms with van der Waals surface area (Å²) in [4.78, 5) is 42.0. The summed E-state index contributed by atoms with van der Waals surface area (Å²) in [6.07, 6.45) is 0. The Kier molecular flexibility index (Phi) is 7.07. The van der Waals surface area contributed by atoms with Gasteiger partial charge in [-0.2, -0.15) is 4.98 Å². The van der Waals surface area contributed by atoms with E-state index in [0.29, 0.717) is 21.4 Å². The van der Waals surface area contributed by atoms with Gasteiger partial charge < -0.3 is 15.0 Å². The van der Waals surface area contributed by atoms with Gasteiger partial charge in [-0.25, -0.2) is 9.59 Å². The second-order valence-electron chi connectivity index (χ2n) is 5.06. The van der Waals surface area contributed by atoms with Crippen LogP contribution in [-0.2, 0) is 9.53 Å². The molecule has 2 rings (SSSR count). The Hall–Kier alpha value is -2.03. The van der Waals surface area contributed by atoms with Crippen molar-refractivity contribution in [1.82, 2.24) is 9.97 Å². The lowest BCUT2D eigenvalue weighted by molar-refractivity contribution is -0.113. The molecule has 0 atom stereocenters. The standard InChI is InChI=1S/C16H15Cl2N3O4S/c1-3-25-15(23)13-8(2)19-16(24)21-14(13)26-7-12(22)20-11-5-9(17)4-10(18)6-11/h4-6H,3,7H2,1-2H3,(H,20,22)(H,19,21,24). The summed E-state index contributed by atoms with van der Waals surface area (Å²) in [5, 5.41) is 3.54. The first kappa shape index (κ1) is 20.3. The highest BCUT2D eigenvalue weighted by molar-refractivity contribution is 8.00. The average molecular weight is 416 g/mol. The number of aryl methyl sites for hydroxylation is 1. The normalized spacial score (nSPS) is 10.5. The number of carbonyl (C=O) groups is 2. The average Bonchev–Trinajstić information content (AvgIpc) is 2.51. The van der Waals surface area contributed by atoms with Crippen LogP contribution in [0.2, 0.25) is 10.0 Å². The molecule has 0 saturated heterocycles. The lowest BCUT2D eigenvalue weighted by atomic mass is 10.2. The number of thioether (sulfide) groups is 1. The maximum atomic E-state index is 12.1. The van der Waals surface area contributed by atoms with Crippen molar-refractivity contribution in [3.63, 3.8) is 0 Å². The van der Waals surface area contributed by atoms with E-state index in [1.165, 1.54) is 0 Å². The number of nitrogens with zero attached hydrogens (tertiary/aromatic N) is 1. The van der Waals surface area contributed by atoms with Gasteiger partial charge in [0.25, 0.3) is 0 Å². The third kappa shape index (κ3) is 5.48. The van der Waals surface area contributed by atoms with Crippen molar-refractivity contribution in [3.8, 4) is 0 Å². The Labute approximate surface area is 163 Å². The van der Waals surface area contributed by atoms with Crippen LogP contribution in [0.1, 0.15) is 23.0 Å². The molecule has 0 spiro atoms. The van der Waals surface area contributed by atoms with Crippen LogP contribution in [-0.4, -0.2) is 34.2 Å². The third-order valence-corrected chi connectivity index (χ3v) is 4.46. The van der Waals surface area contributed by atoms with Gasteiger partial charge in [0.15, 0.2) is 0 Å². The van der Waals surface area contributed by atoms with Crippen LogP contribution in [0.4, 0.5) is 5.69 Å². The smallest absolute Gasteiger partial charge is 0.346 e. The molecule has 1 aromatic heterocycles. The van der Waals surface area contributed by atoms with Crippen LogP contribution in [0.15, 0.2) is 28.0 Å². The highest BCUT2D eigenvalue weighted by Gasteiger charge is 2.20. The lowest BCUT2D eigenvalue weighted by Gasteiger charge is -2.10. The molecular formula is C16H15Cl2N3O4S. The zero-order chi connectivity index (χ0) is 19.3. The van der Waals surface area contributed by atoms with Crippen molar-refractivity contribution < 1.29 is 14.3 Å². The first-order chi connectivity index (χ1) is 12.3. The second-order valence-corrected chi connectivity index (χ2v) is 6.90.